The number of ether oxygens (including phenoxy) is 1. The van der Waals surface area contributed by atoms with Crippen LogP contribution in [0.25, 0.3) is 0 Å². The van der Waals surface area contributed by atoms with E-state index in [9.17, 15) is 4.79 Å². The minimum atomic E-state index is 0.121. The average Bonchev–Trinajstić information content (AvgIpc) is 2.30. The van der Waals surface area contributed by atoms with Crippen molar-refractivity contribution in [3.05, 3.63) is 0 Å². The predicted octanol–water partition coefficient (Wildman–Crippen LogP) is 0.967. The second-order valence-corrected chi connectivity index (χ2v) is 4.36. The van der Waals surface area contributed by atoms with Crippen molar-refractivity contribution in [3.8, 4) is 0 Å². The molecule has 4 nitrogen and oxygen atoms in total. The van der Waals surface area contributed by atoms with Gasteiger partial charge in [0, 0.05) is 33.3 Å². The van der Waals surface area contributed by atoms with E-state index in [-0.39, 0.29) is 12.5 Å². The van der Waals surface area contributed by atoms with Gasteiger partial charge in [-0.3, -0.25) is 9.69 Å². The van der Waals surface area contributed by atoms with Gasteiger partial charge < -0.3 is 9.64 Å². The van der Waals surface area contributed by atoms with Crippen molar-refractivity contribution in [2.75, 3.05) is 46.4 Å². The minimum absolute atomic E-state index is 0.121. The maximum atomic E-state index is 11.5. The Bertz CT molecular complexity index is 201. The summed E-state index contributed by atoms with van der Waals surface area (Å²) in [7, 11) is 1.57. The van der Waals surface area contributed by atoms with Gasteiger partial charge in [0.25, 0.3) is 0 Å². The highest BCUT2D eigenvalue weighted by Gasteiger charge is 2.19. The van der Waals surface area contributed by atoms with Crippen molar-refractivity contribution in [1.82, 2.24) is 9.80 Å². The fraction of sp³-hybridized carbons (Fsp3) is 0.917. The molecule has 0 spiro atoms. The molecule has 1 heterocycles. The quantitative estimate of drug-likeness (QED) is 0.635. The van der Waals surface area contributed by atoms with Crippen LogP contribution in [0, 0.1) is 0 Å². The average molecular weight is 228 g/mol. The third kappa shape index (κ3) is 4.49. The number of unbranched alkanes of at least 4 members (excludes halogenated alkanes) is 2. The number of nitrogens with zero attached hydrogens (tertiary/aromatic N) is 2. The van der Waals surface area contributed by atoms with E-state index >= 15 is 0 Å². The van der Waals surface area contributed by atoms with Gasteiger partial charge in [-0.25, -0.2) is 0 Å². The summed E-state index contributed by atoms with van der Waals surface area (Å²) < 4.78 is 4.86. The molecule has 1 amide bonds. The Kier molecular flexibility index (Phi) is 6.42. The fourth-order valence-corrected chi connectivity index (χ4v) is 2.02. The van der Waals surface area contributed by atoms with Gasteiger partial charge in [-0.05, 0) is 13.0 Å². The lowest BCUT2D eigenvalue weighted by Crippen LogP contribution is -2.49. The molecule has 0 aliphatic carbocycles. The van der Waals surface area contributed by atoms with Gasteiger partial charge in [0.2, 0.25) is 5.91 Å². The number of hydrogen-bond acceptors (Lipinski definition) is 3. The van der Waals surface area contributed by atoms with Crippen molar-refractivity contribution in [3.63, 3.8) is 0 Å². The van der Waals surface area contributed by atoms with Gasteiger partial charge in [-0.2, -0.15) is 0 Å². The topological polar surface area (TPSA) is 32.8 Å². The van der Waals surface area contributed by atoms with Crippen LogP contribution in [0.1, 0.15) is 26.2 Å². The Labute approximate surface area is 98.5 Å². The van der Waals surface area contributed by atoms with Crippen molar-refractivity contribution in [1.29, 1.82) is 0 Å². The molecule has 0 N–H and O–H groups in total. The maximum Gasteiger partial charge on any atom is 0.248 e. The Hall–Kier alpha value is -0.610. The van der Waals surface area contributed by atoms with Crippen LogP contribution in [-0.4, -0.2) is 62.1 Å². The SMILES string of the molecule is CCCCCN1CCN(C(=O)COC)CC1. The molecule has 1 aliphatic heterocycles. The summed E-state index contributed by atoms with van der Waals surface area (Å²) >= 11 is 0. The Balaban J connectivity index is 2.15. The van der Waals surface area contributed by atoms with Crippen molar-refractivity contribution < 1.29 is 9.53 Å². The highest BCUT2D eigenvalue weighted by Crippen LogP contribution is 2.04. The smallest absolute Gasteiger partial charge is 0.248 e. The minimum Gasteiger partial charge on any atom is -0.375 e. The van der Waals surface area contributed by atoms with Gasteiger partial charge in [-0.15, -0.1) is 0 Å². The predicted molar refractivity (Wildman–Crippen MR) is 64.4 cm³/mol. The van der Waals surface area contributed by atoms with E-state index in [1.54, 1.807) is 7.11 Å². The summed E-state index contributed by atoms with van der Waals surface area (Å²) in [5.41, 5.74) is 0. The molecule has 94 valence electrons. The van der Waals surface area contributed by atoms with Gasteiger partial charge >= 0.3 is 0 Å². The zero-order valence-corrected chi connectivity index (χ0v) is 10.6. The number of carbonyl (C=O) groups excluding carboxylic acids is 1. The van der Waals surface area contributed by atoms with Crippen LogP contribution in [0.4, 0.5) is 0 Å². The summed E-state index contributed by atoms with van der Waals surface area (Å²) in [6.07, 6.45) is 3.86. The van der Waals surface area contributed by atoms with E-state index in [1.807, 2.05) is 4.90 Å². The number of hydrogen-bond donors (Lipinski definition) is 0. The number of methoxy groups -OCH3 is 1. The van der Waals surface area contributed by atoms with Gasteiger partial charge in [0.05, 0.1) is 0 Å². The molecule has 0 atom stereocenters. The molecule has 0 unspecified atom stereocenters. The third-order valence-electron chi connectivity index (χ3n) is 3.07. The van der Waals surface area contributed by atoms with Crippen LogP contribution in [0.5, 0.6) is 0 Å². The van der Waals surface area contributed by atoms with Crippen LogP contribution < -0.4 is 0 Å². The van der Waals surface area contributed by atoms with Crippen LogP contribution >= 0.6 is 0 Å². The zero-order valence-electron chi connectivity index (χ0n) is 10.6. The monoisotopic (exact) mass is 228 g/mol. The van der Waals surface area contributed by atoms with Crippen molar-refractivity contribution in [2.24, 2.45) is 0 Å². The standard InChI is InChI=1S/C12H24N2O2/c1-3-4-5-6-13-7-9-14(10-8-13)12(15)11-16-2/h3-11H2,1-2H3. The molecule has 1 aliphatic rings. The summed E-state index contributed by atoms with van der Waals surface area (Å²) in [6.45, 7) is 7.36. The third-order valence-corrected chi connectivity index (χ3v) is 3.07. The Morgan fingerprint density at radius 1 is 1.19 bits per heavy atom. The van der Waals surface area contributed by atoms with Crippen molar-refractivity contribution in [2.45, 2.75) is 26.2 Å². The fourth-order valence-electron chi connectivity index (χ4n) is 2.02. The normalized spacial score (nSPS) is 17.8. The molecule has 0 bridgehead atoms. The maximum absolute atomic E-state index is 11.5. The zero-order chi connectivity index (χ0) is 11.8. The van der Waals surface area contributed by atoms with E-state index in [2.05, 4.69) is 11.8 Å². The van der Waals surface area contributed by atoms with Gasteiger partial charge in [0.15, 0.2) is 0 Å². The second-order valence-electron chi connectivity index (χ2n) is 4.36. The molecule has 0 aromatic rings. The molecule has 0 radical (unpaired) electrons. The van der Waals surface area contributed by atoms with E-state index < -0.39 is 0 Å². The summed E-state index contributed by atoms with van der Waals surface area (Å²) in [5.74, 6) is 0.121. The lowest BCUT2D eigenvalue weighted by molar-refractivity contribution is -0.136. The first-order valence-corrected chi connectivity index (χ1v) is 6.27. The molecule has 16 heavy (non-hydrogen) atoms. The number of amides is 1. The number of rotatable bonds is 6. The van der Waals surface area contributed by atoms with Crippen LogP contribution in [0.15, 0.2) is 0 Å². The van der Waals surface area contributed by atoms with Crippen LogP contribution in [-0.2, 0) is 9.53 Å². The molecule has 0 aromatic carbocycles. The van der Waals surface area contributed by atoms with E-state index in [1.165, 1.54) is 25.8 Å². The van der Waals surface area contributed by atoms with E-state index in [4.69, 9.17) is 4.74 Å². The highest BCUT2D eigenvalue weighted by atomic mass is 16.5. The molecule has 1 rings (SSSR count). The number of carbonyl (C=O) groups is 1. The Morgan fingerprint density at radius 3 is 2.44 bits per heavy atom. The van der Waals surface area contributed by atoms with Crippen LogP contribution in [0.2, 0.25) is 0 Å². The molecule has 1 fully saturated rings. The summed E-state index contributed by atoms with van der Waals surface area (Å²) in [5, 5.41) is 0. The summed E-state index contributed by atoms with van der Waals surface area (Å²) in [4.78, 5) is 15.9. The summed E-state index contributed by atoms with van der Waals surface area (Å²) in [6, 6.07) is 0. The highest BCUT2D eigenvalue weighted by molar-refractivity contribution is 5.77. The molecule has 1 saturated heterocycles. The van der Waals surface area contributed by atoms with Gasteiger partial charge in [-0.1, -0.05) is 19.8 Å². The lowest BCUT2D eigenvalue weighted by atomic mass is 10.2. The molecular weight excluding hydrogens is 204 g/mol. The van der Waals surface area contributed by atoms with Gasteiger partial charge in [0.1, 0.15) is 6.61 Å². The number of piperazine rings is 1. The Morgan fingerprint density at radius 2 is 1.88 bits per heavy atom. The van der Waals surface area contributed by atoms with Crippen LogP contribution in [0.3, 0.4) is 0 Å². The molecular formula is C12H24N2O2. The second kappa shape index (κ2) is 7.63. The first-order chi connectivity index (χ1) is 7.77. The molecule has 0 saturated carbocycles. The lowest BCUT2D eigenvalue weighted by Gasteiger charge is -2.34. The first kappa shape index (κ1) is 13.5. The van der Waals surface area contributed by atoms with Crippen molar-refractivity contribution >= 4 is 5.91 Å². The molecule has 0 aromatic heterocycles. The largest absolute Gasteiger partial charge is 0.375 e. The van der Waals surface area contributed by atoms with E-state index in [0.29, 0.717) is 0 Å². The first-order valence-electron chi connectivity index (χ1n) is 6.27. The molecule has 4 heteroatoms. The van der Waals surface area contributed by atoms with E-state index in [0.717, 1.165) is 26.2 Å².